The summed E-state index contributed by atoms with van der Waals surface area (Å²) in [6.07, 6.45) is 4.39. The lowest BCUT2D eigenvalue weighted by Gasteiger charge is -2.01. The normalized spacial score (nSPS) is 9.30. The second kappa shape index (κ2) is 6.74. The van der Waals surface area contributed by atoms with Crippen molar-refractivity contribution >= 4 is 17.7 Å². The molecule has 0 spiro atoms. The van der Waals surface area contributed by atoms with Gasteiger partial charge in [0, 0.05) is 6.54 Å². The Labute approximate surface area is 66.3 Å². The van der Waals surface area contributed by atoms with E-state index in [4.69, 9.17) is 11.1 Å². The molecule has 0 radical (unpaired) electrons. The third-order valence-electron chi connectivity index (χ3n) is 1.09. The molecule has 0 aromatic rings. The number of guanidine groups is 1. The van der Waals surface area contributed by atoms with E-state index in [-0.39, 0.29) is 5.96 Å². The van der Waals surface area contributed by atoms with Crippen molar-refractivity contribution in [3.05, 3.63) is 0 Å². The van der Waals surface area contributed by atoms with Crippen LogP contribution in [-0.4, -0.2) is 24.5 Å². The molecule has 0 rings (SSSR count). The van der Waals surface area contributed by atoms with Crippen LogP contribution in [0.4, 0.5) is 0 Å². The highest BCUT2D eigenvalue weighted by Gasteiger charge is 1.87. The first-order chi connectivity index (χ1) is 4.77. The minimum atomic E-state index is 0.0733. The molecule has 0 fully saturated rings. The van der Waals surface area contributed by atoms with Crippen molar-refractivity contribution in [2.45, 2.75) is 12.8 Å². The summed E-state index contributed by atoms with van der Waals surface area (Å²) < 4.78 is 0. The number of rotatable bonds is 5. The molecule has 60 valence electrons. The number of nitrogens with two attached hydrogens (primary N) is 1. The zero-order chi connectivity index (χ0) is 7.82. The van der Waals surface area contributed by atoms with E-state index in [2.05, 4.69) is 11.6 Å². The second-order valence-electron chi connectivity index (χ2n) is 2.04. The molecule has 0 aromatic carbocycles. The van der Waals surface area contributed by atoms with Gasteiger partial charge in [-0.1, -0.05) is 0 Å². The van der Waals surface area contributed by atoms with Crippen LogP contribution in [-0.2, 0) is 0 Å². The van der Waals surface area contributed by atoms with Gasteiger partial charge < -0.3 is 11.1 Å². The Hall–Kier alpha value is -0.380. The largest absolute Gasteiger partial charge is 0.370 e. The summed E-state index contributed by atoms with van der Waals surface area (Å²) in [5.74, 6) is 1.27. The van der Waals surface area contributed by atoms with Crippen LogP contribution in [0.1, 0.15) is 12.8 Å². The van der Waals surface area contributed by atoms with E-state index in [1.165, 1.54) is 12.2 Å². The van der Waals surface area contributed by atoms with Gasteiger partial charge in [-0.15, -0.1) is 0 Å². The highest BCUT2D eigenvalue weighted by Crippen LogP contribution is 1.97. The van der Waals surface area contributed by atoms with Gasteiger partial charge in [0.15, 0.2) is 5.96 Å². The highest BCUT2D eigenvalue weighted by atomic mass is 32.2. The maximum Gasteiger partial charge on any atom is 0.185 e. The third kappa shape index (κ3) is 7.62. The van der Waals surface area contributed by atoms with E-state index in [0.717, 1.165) is 13.0 Å². The highest BCUT2D eigenvalue weighted by molar-refractivity contribution is 7.98. The fraction of sp³-hybridized carbons (Fsp3) is 0.833. The molecular formula is C6H15N3S. The van der Waals surface area contributed by atoms with Crippen LogP contribution in [0.3, 0.4) is 0 Å². The Morgan fingerprint density at radius 1 is 1.60 bits per heavy atom. The summed E-state index contributed by atoms with van der Waals surface area (Å²) in [5.41, 5.74) is 5.07. The predicted octanol–water partition coefficient (Wildman–Crippen LogP) is 0.613. The van der Waals surface area contributed by atoms with Gasteiger partial charge in [0.25, 0.3) is 0 Å². The molecule has 0 saturated carbocycles. The Bertz CT molecular complexity index is 95.0. The minimum absolute atomic E-state index is 0.0733. The van der Waals surface area contributed by atoms with Crippen LogP contribution in [0.15, 0.2) is 0 Å². The zero-order valence-electron chi connectivity index (χ0n) is 6.31. The van der Waals surface area contributed by atoms with Crippen molar-refractivity contribution in [3.8, 4) is 0 Å². The van der Waals surface area contributed by atoms with Gasteiger partial charge in [-0.2, -0.15) is 11.8 Å². The van der Waals surface area contributed by atoms with Gasteiger partial charge in [-0.05, 0) is 24.9 Å². The van der Waals surface area contributed by atoms with Crippen molar-refractivity contribution in [2.24, 2.45) is 5.73 Å². The first kappa shape index (κ1) is 9.62. The Balaban J connectivity index is 2.84. The molecule has 10 heavy (non-hydrogen) atoms. The maximum absolute atomic E-state index is 6.84. The van der Waals surface area contributed by atoms with E-state index in [1.807, 2.05) is 11.8 Å². The number of hydrogen-bond donors (Lipinski definition) is 3. The molecule has 0 amide bonds. The monoisotopic (exact) mass is 161 g/mol. The molecular weight excluding hydrogens is 146 g/mol. The maximum atomic E-state index is 6.84. The van der Waals surface area contributed by atoms with E-state index >= 15 is 0 Å². The van der Waals surface area contributed by atoms with Crippen molar-refractivity contribution in [1.29, 1.82) is 5.41 Å². The van der Waals surface area contributed by atoms with Gasteiger partial charge >= 0.3 is 0 Å². The van der Waals surface area contributed by atoms with Crippen molar-refractivity contribution in [3.63, 3.8) is 0 Å². The third-order valence-corrected chi connectivity index (χ3v) is 1.79. The van der Waals surface area contributed by atoms with Crippen LogP contribution < -0.4 is 11.1 Å². The fourth-order valence-electron chi connectivity index (χ4n) is 0.594. The summed E-state index contributed by atoms with van der Waals surface area (Å²) in [4.78, 5) is 0. The van der Waals surface area contributed by atoms with E-state index in [0.29, 0.717) is 0 Å². The summed E-state index contributed by atoms with van der Waals surface area (Å²) in [7, 11) is 0. The Morgan fingerprint density at radius 3 is 2.80 bits per heavy atom. The SMILES string of the molecule is CSCCCCNC(=N)N. The van der Waals surface area contributed by atoms with Gasteiger partial charge in [0.2, 0.25) is 0 Å². The molecule has 0 bridgehead atoms. The second-order valence-corrected chi connectivity index (χ2v) is 3.03. The van der Waals surface area contributed by atoms with Crippen molar-refractivity contribution < 1.29 is 0 Å². The summed E-state index contributed by atoms with van der Waals surface area (Å²) in [6.45, 7) is 0.829. The summed E-state index contributed by atoms with van der Waals surface area (Å²) in [6, 6.07) is 0. The van der Waals surface area contributed by atoms with Crippen molar-refractivity contribution in [2.75, 3.05) is 18.6 Å². The Morgan fingerprint density at radius 2 is 2.30 bits per heavy atom. The molecule has 0 aliphatic carbocycles. The topological polar surface area (TPSA) is 61.9 Å². The lowest BCUT2D eigenvalue weighted by Crippen LogP contribution is -2.30. The average molecular weight is 161 g/mol. The predicted molar refractivity (Wildman–Crippen MR) is 47.5 cm³/mol. The van der Waals surface area contributed by atoms with Gasteiger partial charge in [-0.25, -0.2) is 0 Å². The number of hydrogen-bond acceptors (Lipinski definition) is 2. The summed E-state index contributed by atoms with van der Waals surface area (Å²) >= 11 is 1.85. The molecule has 0 saturated heterocycles. The first-order valence-corrected chi connectivity index (χ1v) is 4.73. The lowest BCUT2D eigenvalue weighted by atomic mass is 10.3. The number of nitrogens with one attached hydrogen (secondary N) is 2. The summed E-state index contributed by atoms with van der Waals surface area (Å²) in [5, 5.41) is 9.59. The van der Waals surface area contributed by atoms with Crippen LogP contribution >= 0.6 is 11.8 Å². The standard InChI is InChI=1S/C6H15N3S/c1-10-5-3-2-4-9-6(7)8/h2-5H2,1H3,(H4,7,8,9). The van der Waals surface area contributed by atoms with Gasteiger partial charge in [-0.3, -0.25) is 5.41 Å². The van der Waals surface area contributed by atoms with Gasteiger partial charge in [0.1, 0.15) is 0 Å². The van der Waals surface area contributed by atoms with Crippen LogP contribution in [0.2, 0.25) is 0 Å². The number of unbranched alkanes of at least 4 members (excludes halogenated alkanes) is 1. The van der Waals surface area contributed by atoms with E-state index < -0.39 is 0 Å². The molecule has 0 aromatic heterocycles. The minimum Gasteiger partial charge on any atom is -0.370 e. The van der Waals surface area contributed by atoms with E-state index in [9.17, 15) is 0 Å². The molecule has 3 nitrogen and oxygen atoms in total. The lowest BCUT2D eigenvalue weighted by molar-refractivity contribution is 0.755. The average Bonchev–Trinajstić information content (AvgIpc) is 1.87. The molecule has 0 heterocycles. The zero-order valence-corrected chi connectivity index (χ0v) is 7.13. The molecule has 4 heteroatoms. The molecule has 0 aliphatic rings. The quantitative estimate of drug-likeness (QED) is 0.314. The fourth-order valence-corrected chi connectivity index (χ4v) is 1.09. The molecule has 0 unspecified atom stereocenters. The van der Waals surface area contributed by atoms with Crippen molar-refractivity contribution in [1.82, 2.24) is 5.32 Å². The molecule has 0 aliphatic heterocycles. The van der Waals surface area contributed by atoms with E-state index in [1.54, 1.807) is 0 Å². The number of thioether (sulfide) groups is 1. The molecule has 0 atom stereocenters. The smallest absolute Gasteiger partial charge is 0.185 e. The van der Waals surface area contributed by atoms with Crippen LogP contribution in [0.5, 0.6) is 0 Å². The van der Waals surface area contributed by atoms with Gasteiger partial charge in [0.05, 0.1) is 0 Å². The van der Waals surface area contributed by atoms with Crippen LogP contribution in [0.25, 0.3) is 0 Å². The van der Waals surface area contributed by atoms with Crippen LogP contribution in [0, 0.1) is 5.41 Å². The Kier molecular flexibility index (Phi) is 6.48. The first-order valence-electron chi connectivity index (χ1n) is 3.34. The molecule has 4 N–H and O–H groups in total.